The van der Waals surface area contributed by atoms with Gasteiger partial charge in [-0.15, -0.1) is 11.8 Å². The van der Waals surface area contributed by atoms with Crippen LogP contribution in [0.2, 0.25) is 5.02 Å². The van der Waals surface area contributed by atoms with E-state index >= 15 is 0 Å². The molecule has 0 aliphatic carbocycles. The molecule has 0 aliphatic heterocycles. The van der Waals surface area contributed by atoms with E-state index in [4.69, 9.17) is 11.6 Å². The first-order valence-corrected chi connectivity index (χ1v) is 9.14. The van der Waals surface area contributed by atoms with E-state index in [1.807, 2.05) is 0 Å². The molecule has 0 atom stereocenters. The molecular weight excluding hydrogens is 422 g/mol. The van der Waals surface area contributed by atoms with Crippen LogP contribution in [0.4, 0.5) is 23.2 Å². The summed E-state index contributed by atoms with van der Waals surface area (Å²) >= 11 is 6.68. The van der Waals surface area contributed by atoms with Crippen LogP contribution in [0.3, 0.4) is 0 Å². The average Bonchev–Trinajstić information content (AvgIpc) is 2.59. The van der Waals surface area contributed by atoms with Gasteiger partial charge in [-0.25, -0.2) is 4.39 Å². The third-order valence-electron chi connectivity index (χ3n) is 3.30. The first-order chi connectivity index (χ1) is 13.0. The predicted molar refractivity (Wildman–Crippen MR) is 98.8 cm³/mol. The third kappa shape index (κ3) is 6.72. The van der Waals surface area contributed by atoms with Crippen LogP contribution in [0.15, 0.2) is 41.3 Å². The molecule has 0 fully saturated rings. The van der Waals surface area contributed by atoms with Gasteiger partial charge in [0.25, 0.3) is 0 Å². The first-order valence-electron chi connectivity index (χ1n) is 7.77. The van der Waals surface area contributed by atoms with Gasteiger partial charge < -0.3 is 10.1 Å². The van der Waals surface area contributed by atoms with E-state index in [1.165, 1.54) is 37.3 Å². The van der Waals surface area contributed by atoms with Crippen LogP contribution in [0.1, 0.15) is 17.3 Å². The number of rotatable bonds is 7. The zero-order valence-corrected chi connectivity index (χ0v) is 16.0. The number of ketones is 1. The van der Waals surface area contributed by atoms with Crippen LogP contribution in [-0.2, 0) is 4.79 Å². The van der Waals surface area contributed by atoms with Crippen molar-refractivity contribution in [1.82, 2.24) is 0 Å². The van der Waals surface area contributed by atoms with E-state index < -0.39 is 24.5 Å². The van der Waals surface area contributed by atoms with Crippen LogP contribution in [0.25, 0.3) is 0 Å². The maximum atomic E-state index is 14.0. The van der Waals surface area contributed by atoms with Gasteiger partial charge in [0, 0.05) is 15.5 Å². The number of carbonyl (C=O) groups excluding carboxylic acids is 2. The highest BCUT2D eigenvalue weighted by Crippen LogP contribution is 2.30. The van der Waals surface area contributed by atoms with Crippen molar-refractivity contribution in [2.75, 3.05) is 17.7 Å². The zero-order valence-electron chi connectivity index (χ0n) is 14.4. The Hall–Kier alpha value is -2.26. The van der Waals surface area contributed by atoms with E-state index in [1.54, 1.807) is 0 Å². The maximum Gasteiger partial charge on any atom is 0.422 e. The van der Waals surface area contributed by atoms with Crippen molar-refractivity contribution in [3.05, 3.63) is 52.8 Å². The Bertz CT molecular complexity index is 890. The lowest BCUT2D eigenvalue weighted by Gasteiger charge is -2.14. The Morgan fingerprint density at radius 2 is 1.89 bits per heavy atom. The lowest BCUT2D eigenvalue weighted by molar-refractivity contribution is -0.153. The van der Waals surface area contributed by atoms with Gasteiger partial charge in [0.2, 0.25) is 5.91 Å². The lowest BCUT2D eigenvalue weighted by Crippen LogP contribution is -2.20. The van der Waals surface area contributed by atoms with Gasteiger partial charge in [-0.3, -0.25) is 9.59 Å². The molecule has 0 bridgehead atoms. The number of ether oxygens (including phenoxy) is 1. The van der Waals surface area contributed by atoms with Crippen LogP contribution in [-0.4, -0.2) is 30.2 Å². The predicted octanol–water partition coefficient (Wildman–Crippen LogP) is 5.35. The number of benzene rings is 2. The highest BCUT2D eigenvalue weighted by atomic mass is 35.5. The van der Waals surface area contributed by atoms with Crippen molar-refractivity contribution < 1.29 is 31.9 Å². The summed E-state index contributed by atoms with van der Waals surface area (Å²) in [4.78, 5) is 23.5. The molecule has 0 unspecified atom stereocenters. The molecule has 2 aromatic carbocycles. The van der Waals surface area contributed by atoms with Crippen molar-refractivity contribution in [3.63, 3.8) is 0 Å². The SMILES string of the molecule is CC(=O)c1ccc(SCC(=O)Nc2cc(Cl)ccc2OCC(F)(F)F)c(F)c1. The summed E-state index contributed by atoms with van der Waals surface area (Å²) < 4.78 is 55.7. The molecule has 1 N–H and O–H groups in total. The molecule has 28 heavy (non-hydrogen) atoms. The smallest absolute Gasteiger partial charge is 0.422 e. The van der Waals surface area contributed by atoms with Gasteiger partial charge in [-0.1, -0.05) is 17.7 Å². The highest BCUT2D eigenvalue weighted by Gasteiger charge is 2.29. The van der Waals surface area contributed by atoms with Gasteiger partial charge >= 0.3 is 6.18 Å². The van der Waals surface area contributed by atoms with Gasteiger partial charge in [-0.05, 0) is 37.3 Å². The van der Waals surface area contributed by atoms with Crippen molar-refractivity contribution in [1.29, 1.82) is 0 Å². The number of hydrogen-bond donors (Lipinski definition) is 1. The molecule has 150 valence electrons. The Morgan fingerprint density at radius 3 is 2.50 bits per heavy atom. The Kier molecular flexibility index (Phi) is 7.31. The molecule has 0 heterocycles. The molecule has 4 nitrogen and oxygen atoms in total. The number of hydrogen-bond acceptors (Lipinski definition) is 4. The minimum absolute atomic E-state index is 0.0326. The molecule has 2 rings (SSSR count). The van der Waals surface area contributed by atoms with E-state index in [0.29, 0.717) is 0 Å². The monoisotopic (exact) mass is 435 g/mol. The number of amides is 1. The van der Waals surface area contributed by atoms with Crippen LogP contribution >= 0.6 is 23.4 Å². The second kappa shape index (κ2) is 9.29. The number of thioether (sulfide) groups is 1. The van der Waals surface area contributed by atoms with Gasteiger partial charge in [0.05, 0.1) is 11.4 Å². The molecule has 2 aromatic rings. The minimum atomic E-state index is -4.54. The second-order valence-electron chi connectivity index (χ2n) is 5.58. The Labute approximate surface area is 167 Å². The average molecular weight is 436 g/mol. The van der Waals surface area contributed by atoms with Crippen LogP contribution < -0.4 is 10.1 Å². The zero-order chi connectivity index (χ0) is 20.9. The number of Topliss-reactive ketones (excluding diaryl/α,β-unsaturated/α-hetero) is 1. The Balaban J connectivity index is 2.03. The quantitative estimate of drug-likeness (QED) is 0.361. The normalized spacial score (nSPS) is 11.2. The topological polar surface area (TPSA) is 55.4 Å². The second-order valence-corrected chi connectivity index (χ2v) is 7.04. The van der Waals surface area contributed by atoms with Gasteiger partial charge in [0.1, 0.15) is 11.6 Å². The summed E-state index contributed by atoms with van der Waals surface area (Å²) in [6.45, 7) is -0.224. The molecule has 0 radical (unpaired) electrons. The van der Waals surface area contributed by atoms with Crippen molar-refractivity contribution in [2.24, 2.45) is 0 Å². The molecule has 0 aliphatic rings. The fourth-order valence-electron chi connectivity index (χ4n) is 2.05. The third-order valence-corrected chi connectivity index (χ3v) is 4.59. The summed E-state index contributed by atoms with van der Waals surface area (Å²) in [6, 6.07) is 7.66. The summed E-state index contributed by atoms with van der Waals surface area (Å²) in [5.74, 6) is -1.96. The van der Waals surface area contributed by atoms with Crippen molar-refractivity contribution >= 4 is 40.7 Å². The summed E-state index contributed by atoms with van der Waals surface area (Å²) in [5, 5.41) is 2.58. The number of halogens is 5. The maximum absolute atomic E-state index is 14.0. The highest BCUT2D eigenvalue weighted by molar-refractivity contribution is 8.00. The standard InChI is InChI=1S/C18H14ClF4NO3S/c1-10(25)11-2-5-16(13(20)6-11)28-8-17(26)24-14-7-12(19)3-4-15(14)27-9-18(21,22)23/h2-7H,8-9H2,1H3,(H,24,26). The molecule has 0 spiro atoms. The molecule has 0 saturated heterocycles. The number of anilines is 1. The molecule has 1 amide bonds. The first kappa shape index (κ1) is 22.0. The Morgan fingerprint density at radius 1 is 1.18 bits per heavy atom. The van der Waals surface area contributed by atoms with Crippen LogP contribution in [0, 0.1) is 5.82 Å². The lowest BCUT2D eigenvalue weighted by atomic mass is 10.1. The van der Waals surface area contributed by atoms with Gasteiger partial charge in [0.15, 0.2) is 12.4 Å². The molecule has 10 heteroatoms. The van der Waals surface area contributed by atoms with Crippen LogP contribution in [0.5, 0.6) is 5.75 Å². The van der Waals surface area contributed by atoms with Crippen molar-refractivity contribution in [3.8, 4) is 5.75 Å². The fraction of sp³-hybridized carbons (Fsp3) is 0.222. The molecule has 0 aromatic heterocycles. The largest absolute Gasteiger partial charge is 0.482 e. The summed E-state index contributed by atoms with van der Waals surface area (Å²) in [5.41, 5.74) is 0.173. The number of nitrogens with one attached hydrogen (secondary N) is 1. The van der Waals surface area contributed by atoms with Gasteiger partial charge in [-0.2, -0.15) is 13.2 Å². The number of carbonyl (C=O) groups is 2. The minimum Gasteiger partial charge on any atom is -0.482 e. The molecule has 0 saturated carbocycles. The summed E-state index contributed by atoms with van der Waals surface area (Å²) in [6.07, 6.45) is -4.54. The van der Waals surface area contributed by atoms with E-state index in [-0.39, 0.29) is 38.5 Å². The summed E-state index contributed by atoms with van der Waals surface area (Å²) in [7, 11) is 0. The molecular formula is C18H14ClF4NO3S. The fourth-order valence-corrected chi connectivity index (χ4v) is 2.94. The van der Waals surface area contributed by atoms with Crippen molar-refractivity contribution in [2.45, 2.75) is 18.0 Å². The van der Waals surface area contributed by atoms with E-state index in [2.05, 4.69) is 10.1 Å². The number of alkyl halides is 3. The van der Waals surface area contributed by atoms with E-state index in [0.717, 1.165) is 17.8 Å². The van der Waals surface area contributed by atoms with E-state index in [9.17, 15) is 27.2 Å².